The minimum atomic E-state index is -1.23. The van der Waals surface area contributed by atoms with Gasteiger partial charge in [-0.1, -0.05) is 22.0 Å². The Kier molecular flexibility index (Phi) is 5.64. The molecule has 3 fully saturated rings. The molecule has 2 N–H and O–H groups in total. The highest BCUT2D eigenvalue weighted by molar-refractivity contribution is 9.09. The van der Waals surface area contributed by atoms with Gasteiger partial charge in [0.15, 0.2) is 0 Å². The zero-order valence-electron chi connectivity index (χ0n) is 17.2. The molecule has 0 aromatic heterocycles. The van der Waals surface area contributed by atoms with E-state index in [1.54, 1.807) is 17.9 Å². The Labute approximate surface area is 179 Å². The van der Waals surface area contributed by atoms with Crippen molar-refractivity contribution in [1.29, 1.82) is 0 Å². The molecule has 0 radical (unpaired) electrons. The molecule has 29 heavy (non-hydrogen) atoms. The van der Waals surface area contributed by atoms with Gasteiger partial charge in [0.25, 0.3) is 0 Å². The van der Waals surface area contributed by atoms with Crippen molar-refractivity contribution in [2.75, 3.05) is 13.2 Å². The van der Waals surface area contributed by atoms with Gasteiger partial charge in [-0.3, -0.25) is 14.4 Å². The van der Waals surface area contributed by atoms with Gasteiger partial charge in [0.1, 0.15) is 11.6 Å². The van der Waals surface area contributed by atoms with E-state index in [1.807, 2.05) is 20.8 Å². The number of carboxylic acid groups (broad SMARTS) is 1. The number of aliphatic hydroxyl groups is 1. The lowest BCUT2D eigenvalue weighted by Crippen LogP contribution is -2.61. The second-order valence-electron chi connectivity index (χ2n) is 9.19. The monoisotopic (exact) mass is 472 g/mol. The highest BCUT2D eigenvalue weighted by atomic mass is 79.9. The van der Waals surface area contributed by atoms with E-state index in [0.29, 0.717) is 6.42 Å². The molecule has 2 bridgehead atoms. The molecule has 9 heteroatoms. The van der Waals surface area contributed by atoms with Gasteiger partial charge in [-0.05, 0) is 34.1 Å². The molecule has 162 valence electrons. The van der Waals surface area contributed by atoms with Crippen LogP contribution in [-0.2, 0) is 19.1 Å². The van der Waals surface area contributed by atoms with Crippen molar-refractivity contribution in [3.05, 3.63) is 12.7 Å². The van der Waals surface area contributed by atoms with Crippen molar-refractivity contribution in [3.63, 3.8) is 0 Å². The summed E-state index contributed by atoms with van der Waals surface area (Å²) in [5.74, 6) is -3.85. The molecule has 3 saturated heterocycles. The summed E-state index contributed by atoms with van der Waals surface area (Å²) in [6.45, 7) is 11.0. The maximum absolute atomic E-state index is 13.8. The lowest BCUT2D eigenvalue weighted by Gasteiger charge is -2.43. The molecule has 3 aliphatic heterocycles. The van der Waals surface area contributed by atoms with Crippen LogP contribution in [0.5, 0.6) is 0 Å². The van der Waals surface area contributed by atoms with Crippen LogP contribution in [0.4, 0.5) is 0 Å². The van der Waals surface area contributed by atoms with E-state index in [4.69, 9.17) is 4.74 Å². The van der Waals surface area contributed by atoms with Crippen molar-refractivity contribution in [1.82, 2.24) is 9.80 Å². The van der Waals surface area contributed by atoms with E-state index < -0.39 is 53.0 Å². The lowest BCUT2D eigenvalue weighted by molar-refractivity contribution is -0.155. The van der Waals surface area contributed by atoms with Crippen molar-refractivity contribution in [3.8, 4) is 0 Å². The predicted molar refractivity (Wildman–Crippen MR) is 108 cm³/mol. The molecule has 7 atom stereocenters. The number of nitrogens with zero attached hydrogens (tertiary/aromatic N) is 2. The van der Waals surface area contributed by atoms with Gasteiger partial charge in [0, 0.05) is 16.9 Å². The van der Waals surface area contributed by atoms with Gasteiger partial charge >= 0.3 is 5.97 Å². The number of fused-ring (bicyclic) bond motifs is 1. The van der Waals surface area contributed by atoms with Gasteiger partial charge in [0.2, 0.25) is 11.8 Å². The van der Waals surface area contributed by atoms with E-state index in [1.165, 1.54) is 4.90 Å². The highest BCUT2D eigenvalue weighted by Crippen LogP contribution is 2.60. The number of amides is 2. The Bertz CT molecular complexity index is 737. The first kappa shape index (κ1) is 22.2. The van der Waals surface area contributed by atoms with Crippen molar-refractivity contribution in [2.24, 2.45) is 11.8 Å². The summed E-state index contributed by atoms with van der Waals surface area (Å²) in [7, 11) is 0. The minimum Gasteiger partial charge on any atom is -0.481 e. The Morgan fingerprint density at radius 2 is 2.10 bits per heavy atom. The average Bonchev–Trinajstić information content (AvgIpc) is 3.21. The summed E-state index contributed by atoms with van der Waals surface area (Å²) >= 11 is 3.50. The second kappa shape index (κ2) is 7.35. The average molecular weight is 473 g/mol. The van der Waals surface area contributed by atoms with Crippen LogP contribution in [0.25, 0.3) is 0 Å². The van der Waals surface area contributed by atoms with E-state index in [-0.39, 0.29) is 23.9 Å². The molecule has 1 spiro atoms. The Balaban J connectivity index is 2.14. The SMILES string of the molecule is C=CCN(C(=O)C1N([C@H](C)CO)C(=O)[C@@H]2[C@H](C(=O)O)[C@H]3OC12CC3Br)C(C)(C)C. The number of aliphatic carboxylic acids is 1. The first-order valence-corrected chi connectivity index (χ1v) is 10.7. The molecule has 3 aliphatic rings. The summed E-state index contributed by atoms with van der Waals surface area (Å²) in [5.41, 5.74) is -1.78. The third-order valence-corrected chi connectivity index (χ3v) is 7.22. The molecule has 8 nitrogen and oxygen atoms in total. The lowest BCUT2D eigenvalue weighted by atomic mass is 9.70. The number of rotatable bonds is 6. The predicted octanol–water partition coefficient (Wildman–Crippen LogP) is 1.01. The third-order valence-electron chi connectivity index (χ3n) is 6.37. The van der Waals surface area contributed by atoms with E-state index >= 15 is 0 Å². The molecule has 3 unspecified atom stereocenters. The summed E-state index contributed by atoms with van der Waals surface area (Å²) in [6.07, 6.45) is 1.30. The molecule has 2 amide bonds. The fourth-order valence-electron chi connectivity index (χ4n) is 5.16. The van der Waals surface area contributed by atoms with Crippen LogP contribution < -0.4 is 0 Å². The summed E-state index contributed by atoms with van der Waals surface area (Å²) in [5, 5.41) is 19.6. The second-order valence-corrected chi connectivity index (χ2v) is 10.4. The van der Waals surface area contributed by atoms with Crippen LogP contribution >= 0.6 is 15.9 Å². The Hall–Kier alpha value is -1.45. The molecule has 0 aromatic rings. The number of ether oxygens (including phenoxy) is 1. The van der Waals surface area contributed by atoms with Crippen LogP contribution in [0.2, 0.25) is 0 Å². The Morgan fingerprint density at radius 1 is 1.48 bits per heavy atom. The van der Waals surface area contributed by atoms with Gasteiger partial charge < -0.3 is 24.7 Å². The van der Waals surface area contributed by atoms with E-state index in [0.717, 1.165) is 0 Å². The quantitative estimate of drug-likeness (QED) is 0.441. The zero-order chi connectivity index (χ0) is 21.9. The third kappa shape index (κ3) is 3.13. The van der Waals surface area contributed by atoms with Gasteiger partial charge in [-0.2, -0.15) is 0 Å². The van der Waals surface area contributed by atoms with Crippen LogP contribution in [0.1, 0.15) is 34.1 Å². The molecule has 0 aliphatic carbocycles. The minimum absolute atomic E-state index is 0.269. The maximum Gasteiger partial charge on any atom is 0.310 e. The van der Waals surface area contributed by atoms with Crippen LogP contribution in [0.3, 0.4) is 0 Å². The standard InChI is InChI=1S/C20H29BrN2O6/c1-6-7-22(19(3,4)5)17(26)15-20-8-11(21)14(29-20)12(18(27)28)13(20)16(25)23(15)10(2)9-24/h6,10-15,24H,1,7-9H2,2-5H3,(H,27,28)/t10-,11?,12+,13+,14+,15?,20?/m1/s1. The van der Waals surface area contributed by atoms with Gasteiger partial charge in [0.05, 0.1) is 30.6 Å². The number of aliphatic hydroxyl groups excluding tert-OH is 1. The molecular formula is C20H29BrN2O6. The fraction of sp³-hybridized carbons (Fsp3) is 0.750. The number of carbonyl (C=O) groups excluding carboxylic acids is 2. The largest absolute Gasteiger partial charge is 0.481 e. The number of carbonyl (C=O) groups is 3. The zero-order valence-corrected chi connectivity index (χ0v) is 18.8. The van der Waals surface area contributed by atoms with Gasteiger partial charge in [-0.15, -0.1) is 6.58 Å². The van der Waals surface area contributed by atoms with Crippen LogP contribution in [0.15, 0.2) is 12.7 Å². The summed E-state index contributed by atoms with van der Waals surface area (Å²) in [6, 6.07) is -1.65. The maximum atomic E-state index is 13.8. The first-order valence-electron chi connectivity index (χ1n) is 9.82. The topological polar surface area (TPSA) is 107 Å². The van der Waals surface area contributed by atoms with Gasteiger partial charge in [-0.25, -0.2) is 0 Å². The highest BCUT2D eigenvalue weighted by Gasteiger charge is 2.77. The van der Waals surface area contributed by atoms with Crippen molar-refractivity contribution < 1.29 is 29.3 Å². The molecule has 0 saturated carbocycles. The molecule has 3 rings (SSSR count). The number of halogens is 1. The first-order chi connectivity index (χ1) is 13.4. The number of carboxylic acids is 1. The normalized spacial score (nSPS) is 36.8. The molecule has 3 heterocycles. The van der Waals surface area contributed by atoms with E-state index in [9.17, 15) is 24.6 Å². The van der Waals surface area contributed by atoms with Crippen LogP contribution in [-0.4, -0.2) is 85.1 Å². The summed E-state index contributed by atoms with van der Waals surface area (Å²) in [4.78, 5) is 42.0. The van der Waals surface area contributed by atoms with Crippen molar-refractivity contribution in [2.45, 2.75) is 68.3 Å². The molecule has 0 aromatic carbocycles. The Morgan fingerprint density at radius 3 is 2.59 bits per heavy atom. The number of alkyl halides is 1. The fourth-order valence-corrected chi connectivity index (χ4v) is 6.11. The summed E-state index contributed by atoms with van der Waals surface area (Å²) < 4.78 is 6.19. The smallest absolute Gasteiger partial charge is 0.310 e. The van der Waals surface area contributed by atoms with Crippen molar-refractivity contribution >= 4 is 33.7 Å². The van der Waals surface area contributed by atoms with E-state index in [2.05, 4.69) is 22.5 Å². The van der Waals surface area contributed by atoms with Crippen LogP contribution in [0, 0.1) is 11.8 Å². The number of hydrogen-bond donors (Lipinski definition) is 2. The molecular weight excluding hydrogens is 444 g/mol. The number of likely N-dealkylation sites (tertiary alicyclic amines) is 1. The number of hydrogen-bond acceptors (Lipinski definition) is 5.